The monoisotopic (exact) mass is 380 g/mol. The molecule has 0 aliphatic rings. The van der Waals surface area contributed by atoms with E-state index in [0.29, 0.717) is 0 Å². The lowest BCUT2D eigenvalue weighted by Crippen LogP contribution is -2.33. The Morgan fingerprint density at radius 2 is 1.56 bits per heavy atom. The number of thioether (sulfide) groups is 1. The first kappa shape index (κ1) is 21.4. The number of nitrogens with zero attached hydrogens (tertiary/aromatic N) is 3. The Bertz CT molecular complexity index is 594. The summed E-state index contributed by atoms with van der Waals surface area (Å²) in [5.41, 5.74) is 1.60. The first-order valence-electron chi connectivity index (χ1n) is 8.63. The number of benzene rings is 1. The highest BCUT2D eigenvalue weighted by Gasteiger charge is 2.15. The van der Waals surface area contributed by atoms with Crippen LogP contribution in [0.25, 0.3) is 0 Å². The fraction of sp³-hybridized carbons (Fsp3) is 0.500. The zero-order valence-electron chi connectivity index (χ0n) is 15.7. The number of carbonyl (C=O) groups excluding carboxylic acids is 1. The van der Waals surface area contributed by atoms with Crippen molar-refractivity contribution in [2.45, 2.75) is 34.6 Å². The van der Waals surface area contributed by atoms with Gasteiger partial charge in [0.2, 0.25) is 5.91 Å². The molecule has 0 saturated heterocycles. The molecule has 7 heteroatoms. The number of amidine groups is 1. The molecule has 0 aliphatic heterocycles. The fourth-order valence-electron chi connectivity index (χ4n) is 2.21. The molecule has 0 spiro atoms. The van der Waals surface area contributed by atoms with Gasteiger partial charge in [0, 0.05) is 38.8 Å². The molecule has 0 atom stereocenters. The van der Waals surface area contributed by atoms with Crippen molar-refractivity contribution >= 4 is 50.7 Å². The molecule has 25 heavy (non-hydrogen) atoms. The van der Waals surface area contributed by atoms with Gasteiger partial charge < -0.3 is 15.1 Å². The molecular formula is C18H28N4OS2. The quantitative estimate of drug-likeness (QED) is 0.452. The maximum absolute atomic E-state index is 11.1. The third kappa shape index (κ3) is 7.04. The van der Waals surface area contributed by atoms with Gasteiger partial charge in [-0.25, -0.2) is 4.99 Å². The van der Waals surface area contributed by atoms with Crippen molar-refractivity contribution < 1.29 is 4.79 Å². The van der Waals surface area contributed by atoms with Crippen LogP contribution in [0.3, 0.4) is 0 Å². The van der Waals surface area contributed by atoms with Crippen LogP contribution in [-0.4, -0.2) is 51.4 Å². The smallest absolute Gasteiger partial charge is 0.221 e. The highest BCUT2D eigenvalue weighted by atomic mass is 32.2. The molecule has 0 fully saturated rings. The van der Waals surface area contributed by atoms with Crippen LogP contribution in [0, 0.1) is 0 Å². The number of hydrogen-bond donors (Lipinski definition) is 1. The van der Waals surface area contributed by atoms with Crippen LogP contribution >= 0.6 is 24.0 Å². The van der Waals surface area contributed by atoms with Crippen molar-refractivity contribution in [1.29, 1.82) is 0 Å². The van der Waals surface area contributed by atoms with E-state index >= 15 is 0 Å². The molecule has 0 aromatic heterocycles. The Kier molecular flexibility index (Phi) is 9.52. The van der Waals surface area contributed by atoms with Crippen molar-refractivity contribution in [2.24, 2.45) is 4.99 Å². The Hall–Kier alpha value is -1.60. The van der Waals surface area contributed by atoms with E-state index in [1.807, 2.05) is 24.3 Å². The van der Waals surface area contributed by atoms with Gasteiger partial charge in [-0.15, -0.1) is 0 Å². The molecule has 0 aliphatic carbocycles. The predicted octanol–water partition coefficient (Wildman–Crippen LogP) is 4.33. The van der Waals surface area contributed by atoms with Crippen LogP contribution in [0.1, 0.15) is 34.6 Å². The molecule has 0 radical (unpaired) electrons. The third-order valence-corrected chi connectivity index (χ3v) is 5.12. The zero-order valence-corrected chi connectivity index (χ0v) is 17.3. The SMILES string of the molecule is CCN(CC)C(=S)SC(=Nc1ccc(NC(C)=O)cc1)N(CC)CC. The Balaban J connectivity index is 3.04. The van der Waals surface area contributed by atoms with E-state index in [2.05, 4.69) is 42.8 Å². The summed E-state index contributed by atoms with van der Waals surface area (Å²) >= 11 is 7.12. The van der Waals surface area contributed by atoms with Crippen LogP contribution in [0.4, 0.5) is 11.4 Å². The van der Waals surface area contributed by atoms with Gasteiger partial charge in [0.1, 0.15) is 4.32 Å². The first-order chi connectivity index (χ1) is 11.9. The summed E-state index contributed by atoms with van der Waals surface area (Å²) in [7, 11) is 0. The number of anilines is 1. The lowest BCUT2D eigenvalue weighted by Gasteiger charge is -2.26. The molecule has 0 saturated carbocycles. The molecule has 0 bridgehead atoms. The number of rotatable bonds is 6. The van der Waals surface area contributed by atoms with Gasteiger partial charge in [0.25, 0.3) is 0 Å². The largest absolute Gasteiger partial charge is 0.358 e. The predicted molar refractivity (Wildman–Crippen MR) is 114 cm³/mol. The number of hydrogen-bond acceptors (Lipinski definition) is 4. The number of thiocarbonyl (C=S) groups is 1. The average molecular weight is 381 g/mol. The minimum absolute atomic E-state index is 0.0831. The van der Waals surface area contributed by atoms with E-state index in [1.165, 1.54) is 18.7 Å². The summed E-state index contributed by atoms with van der Waals surface area (Å²) in [4.78, 5) is 20.3. The maximum atomic E-state index is 11.1. The van der Waals surface area contributed by atoms with Gasteiger partial charge in [-0.1, -0.05) is 12.2 Å². The van der Waals surface area contributed by atoms with Crippen molar-refractivity contribution in [2.75, 3.05) is 31.5 Å². The van der Waals surface area contributed by atoms with Crippen molar-refractivity contribution in [1.82, 2.24) is 9.80 Å². The second-order valence-electron chi connectivity index (χ2n) is 5.33. The maximum Gasteiger partial charge on any atom is 0.221 e. The van der Waals surface area contributed by atoms with Gasteiger partial charge in [0.05, 0.1) is 5.69 Å². The number of aliphatic imine (C=N–C) groups is 1. The minimum atomic E-state index is -0.0831. The third-order valence-electron chi connectivity index (χ3n) is 3.65. The lowest BCUT2D eigenvalue weighted by atomic mass is 10.3. The van der Waals surface area contributed by atoms with Crippen molar-refractivity contribution in [3.63, 3.8) is 0 Å². The molecule has 0 heterocycles. The summed E-state index contributed by atoms with van der Waals surface area (Å²) in [6, 6.07) is 7.51. The summed E-state index contributed by atoms with van der Waals surface area (Å²) < 4.78 is 0.838. The van der Waals surface area contributed by atoms with E-state index in [9.17, 15) is 4.79 Å². The average Bonchev–Trinajstić information content (AvgIpc) is 2.58. The first-order valence-corrected chi connectivity index (χ1v) is 9.85. The second-order valence-corrected chi connectivity index (χ2v) is 6.94. The molecule has 138 valence electrons. The molecule has 1 aromatic rings. The van der Waals surface area contributed by atoms with Crippen LogP contribution in [0.15, 0.2) is 29.3 Å². The van der Waals surface area contributed by atoms with Crippen LogP contribution < -0.4 is 5.32 Å². The highest BCUT2D eigenvalue weighted by molar-refractivity contribution is 8.32. The lowest BCUT2D eigenvalue weighted by molar-refractivity contribution is -0.114. The molecule has 1 amide bonds. The zero-order chi connectivity index (χ0) is 18.8. The van der Waals surface area contributed by atoms with E-state index in [-0.39, 0.29) is 5.91 Å². The topological polar surface area (TPSA) is 47.9 Å². The van der Waals surface area contributed by atoms with E-state index in [0.717, 1.165) is 47.0 Å². The molecular weight excluding hydrogens is 352 g/mol. The second kappa shape index (κ2) is 11.1. The number of carbonyl (C=O) groups is 1. The van der Waals surface area contributed by atoms with Gasteiger partial charge in [-0.3, -0.25) is 4.79 Å². The molecule has 0 unspecified atom stereocenters. The highest BCUT2D eigenvalue weighted by Crippen LogP contribution is 2.22. The van der Waals surface area contributed by atoms with Gasteiger partial charge in [0.15, 0.2) is 5.17 Å². The van der Waals surface area contributed by atoms with Crippen molar-refractivity contribution in [3.05, 3.63) is 24.3 Å². The fourth-order valence-corrected chi connectivity index (χ4v) is 3.77. The normalized spacial score (nSPS) is 11.2. The van der Waals surface area contributed by atoms with Gasteiger partial charge >= 0.3 is 0 Å². The van der Waals surface area contributed by atoms with E-state index in [4.69, 9.17) is 17.2 Å². The summed E-state index contributed by atoms with van der Waals surface area (Å²) in [6.07, 6.45) is 0. The van der Waals surface area contributed by atoms with Crippen molar-refractivity contribution in [3.8, 4) is 0 Å². The summed E-state index contributed by atoms with van der Waals surface area (Å²) in [5.74, 6) is -0.0831. The van der Waals surface area contributed by atoms with Gasteiger partial charge in [-0.2, -0.15) is 0 Å². The van der Waals surface area contributed by atoms with E-state index in [1.54, 1.807) is 0 Å². The van der Waals surface area contributed by atoms with Crippen LogP contribution in [-0.2, 0) is 4.79 Å². The molecule has 5 nitrogen and oxygen atoms in total. The standard InChI is InChI=1S/C18H28N4OS2/c1-6-21(7-2)17(25-18(24)22(8-3)9-4)20-16-12-10-15(11-13-16)19-14(5)23/h10-13H,6-9H2,1-5H3,(H,19,23). The Morgan fingerprint density at radius 3 is 2.00 bits per heavy atom. The van der Waals surface area contributed by atoms with E-state index < -0.39 is 0 Å². The summed E-state index contributed by atoms with van der Waals surface area (Å²) in [5, 5.41) is 3.66. The molecule has 1 N–H and O–H groups in total. The van der Waals surface area contributed by atoms with Crippen LogP contribution in [0.2, 0.25) is 0 Å². The number of nitrogens with one attached hydrogen (secondary N) is 1. The Labute approximate surface area is 160 Å². The Morgan fingerprint density at radius 1 is 1.04 bits per heavy atom. The number of amides is 1. The summed E-state index contributed by atoms with van der Waals surface area (Å²) in [6.45, 7) is 13.4. The molecule has 1 rings (SSSR count). The minimum Gasteiger partial charge on any atom is -0.358 e. The van der Waals surface area contributed by atoms with Crippen LogP contribution in [0.5, 0.6) is 0 Å². The molecule has 1 aromatic carbocycles. The van der Waals surface area contributed by atoms with Gasteiger partial charge in [-0.05, 0) is 63.7 Å².